The van der Waals surface area contributed by atoms with Gasteiger partial charge in [-0.15, -0.1) is 0 Å². The van der Waals surface area contributed by atoms with E-state index in [1.807, 2.05) is 48.5 Å². The number of carbonyl (C=O) groups excluding carboxylic acids is 1. The van der Waals surface area contributed by atoms with E-state index in [2.05, 4.69) is 20.9 Å². The normalized spacial score (nSPS) is 17.7. The second-order valence-electron chi connectivity index (χ2n) is 7.05. The number of amides is 1. The summed E-state index contributed by atoms with van der Waals surface area (Å²) in [6.07, 6.45) is 2.36. The first-order chi connectivity index (χ1) is 13.8. The smallest absolute Gasteiger partial charge is 0.247 e. The summed E-state index contributed by atoms with van der Waals surface area (Å²) in [5.41, 5.74) is 1.77. The molecule has 1 aromatic heterocycles. The van der Waals surface area contributed by atoms with Gasteiger partial charge in [0.05, 0.1) is 23.0 Å². The van der Waals surface area contributed by atoms with Crippen LogP contribution >= 0.6 is 27.3 Å². The molecule has 152 valence electrons. The Hall–Kier alpha value is -1.81. The number of halogens is 1. The van der Waals surface area contributed by atoms with Crippen molar-refractivity contribution in [3.63, 3.8) is 0 Å². The predicted molar refractivity (Wildman–Crippen MR) is 120 cm³/mol. The van der Waals surface area contributed by atoms with Gasteiger partial charge < -0.3 is 0 Å². The molecule has 0 spiro atoms. The molecule has 1 fully saturated rings. The van der Waals surface area contributed by atoms with Crippen molar-refractivity contribution >= 4 is 58.5 Å². The maximum atomic E-state index is 13.5. The highest BCUT2D eigenvalue weighted by atomic mass is 79.9. The van der Waals surface area contributed by atoms with Crippen molar-refractivity contribution in [1.82, 2.24) is 9.29 Å². The van der Waals surface area contributed by atoms with Gasteiger partial charge in [-0.25, -0.2) is 13.4 Å². The zero-order valence-electron chi connectivity index (χ0n) is 15.8. The van der Waals surface area contributed by atoms with E-state index >= 15 is 0 Å². The summed E-state index contributed by atoms with van der Waals surface area (Å²) in [6.45, 7) is 0.718. The fraction of sp³-hybridized carbons (Fsp3) is 0.300. The maximum Gasteiger partial charge on any atom is 0.247 e. The second kappa shape index (κ2) is 8.14. The molecule has 6 nitrogen and oxygen atoms in total. The molecule has 9 heteroatoms. The molecule has 1 atom stereocenters. The second-order valence-corrected chi connectivity index (χ2v) is 10.9. The van der Waals surface area contributed by atoms with Gasteiger partial charge in [-0.3, -0.25) is 9.69 Å². The molecule has 2 heterocycles. The molecule has 1 aliphatic rings. The number of hydrogen-bond acceptors (Lipinski definition) is 5. The van der Waals surface area contributed by atoms with Crippen molar-refractivity contribution in [1.29, 1.82) is 0 Å². The first-order valence-electron chi connectivity index (χ1n) is 9.21. The van der Waals surface area contributed by atoms with Gasteiger partial charge in [0.1, 0.15) is 6.04 Å². The summed E-state index contributed by atoms with van der Waals surface area (Å²) in [6, 6.07) is 14.8. The van der Waals surface area contributed by atoms with Crippen LogP contribution in [0.4, 0.5) is 5.13 Å². The number of fused-ring (bicyclic) bond motifs is 1. The fourth-order valence-corrected chi connectivity index (χ4v) is 6.21. The number of sulfonamides is 1. The van der Waals surface area contributed by atoms with Gasteiger partial charge in [-0.2, -0.15) is 4.31 Å². The fourth-order valence-electron chi connectivity index (χ4n) is 3.57. The summed E-state index contributed by atoms with van der Waals surface area (Å²) in [5.74, 6) is -0.227. The molecule has 29 heavy (non-hydrogen) atoms. The van der Waals surface area contributed by atoms with E-state index in [9.17, 15) is 13.2 Å². The van der Waals surface area contributed by atoms with Crippen LogP contribution in [-0.4, -0.2) is 42.5 Å². The van der Waals surface area contributed by atoms with E-state index in [1.54, 1.807) is 4.90 Å². The summed E-state index contributed by atoms with van der Waals surface area (Å²) in [4.78, 5) is 19.8. The van der Waals surface area contributed by atoms with E-state index in [1.165, 1.54) is 15.6 Å². The van der Waals surface area contributed by atoms with Crippen LogP contribution in [0.25, 0.3) is 10.2 Å². The predicted octanol–water partition coefficient (Wildman–Crippen LogP) is 4.02. The molecule has 0 radical (unpaired) electrons. The quantitative estimate of drug-likeness (QED) is 0.538. The van der Waals surface area contributed by atoms with Crippen LogP contribution in [0.15, 0.2) is 53.0 Å². The highest BCUT2D eigenvalue weighted by Gasteiger charge is 2.39. The molecule has 1 unspecified atom stereocenters. The number of carbonyl (C=O) groups is 1. The van der Waals surface area contributed by atoms with E-state index < -0.39 is 16.1 Å². The summed E-state index contributed by atoms with van der Waals surface area (Å²) in [7, 11) is -3.45. The molecule has 1 aliphatic heterocycles. The van der Waals surface area contributed by atoms with E-state index in [4.69, 9.17) is 0 Å². The minimum absolute atomic E-state index is 0.227. The van der Waals surface area contributed by atoms with Crippen LogP contribution in [0.5, 0.6) is 0 Å². The largest absolute Gasteiger partial charge is 0.282 e. The van der Waals surface area contributed by atoms with Gasteiger partial charge in [-0.1, -0.05) is 57.6 Å². The van der Waals surface area contributed by atoms with Crippen molar-refractivity contribution < 1.29 is 13.2 Å². The maximum absolute atomic E-state index is 13.5. The van der Waals surface area contributed by atoms with Gasteiger partial charge >= 0.3 is 0 Å². The Morgan fingerprint density at radius 2 is 2.03 bits per heavy atom. The van der Waals surface area contributed by atoms with Crippen molar-refractivity contribution in [2.45, 2.75) is 25.4 Å². The Bertz CT molecular complexity index is 1150. The van der Waals surface area contributed by atoms with Gasteiger partial charge in [0.2, 0.25) is 15.9 Å². The first-order valence-corrected chi connectivity index (χ1v) is 12.7. The Kier molecular flexibility index (Phi) is 5.74. The molecule has 4 rings (SSSR count). The number of nitrogens with zero attached hydrogens (tertiary/aromatic N) is 3. The molecule has 0 bridgehead atoms. The van der Waals surface area contributed by atoms with Gasteiger partial charge in [0, 0.05) is 11.0 Å². The number of rotatable bonds is 5. The van der Waals surface area contributed by atoms with Crippen LogP contribution in [0.1, 0.15) is 18.4 Å². The van der Waals surface area contributed by atoms with Crippen LogP contribution in [0.3, 0.4) is 0 Å². The Morgan fingerprint density at radius 1 is 1.28 bits per heavy atom. The van der Waals surface area contributed by atoms with Gasteiger partial charge in [-0.05, 0) is 36.6 Å². The molecular weight excluding hydrogens is 474 g/mol. The Balaban J connectivity index is 1.74. The third-order valence-corrected chi connectivity index (χ3v) is 7.76. The number of benzene rings is 2. The van der Waals surface area contributed by atoms with Gasteiger partial charge in [0.15, 0.2) is 5.13 Å². The summed E-state index contributed by atoms with van der Waals surface area (Å²) >= 11 is 4.90. The first kappa shape index (κ1) is 20.5. The SMILES string of the molecule is CS(=O)(=O)N1CCCC1C(=O)N(Cc1ccccc1)c1nc2ccc(Br)cc2s1. The lowest BCUT2D eigenvalue weighted by atomic mass is 10.1. The number of anilines is 1. The summed E-state index contributed by atoms with van der Waals surface area (Å²) < 4.78 is 27.6. The Morgan fingerprint density at radius 3 is 2.76 bits per heavy atom. The highest BCUT2D eigenvalue weighted by Crippen LogP contribution is 2.33. The lowest BCUT2D eigenvalue weighted by Crippen LogP contribution is -2.47. The molecule has 0 aliphatic carbocycles. The van der Waals surface area contributed by atoms with E-state index in [0.717, 1.165) is 26.5 Å². The lowest BCUT2D eigenvalue weighted by Gasteiger charge is -2.27. The van der Waals surface area contributed by atoms with Crippen LogP contribution < -0.4 is 4.90 Å². The van der Waals surface area contributed by atoms with Crippen LogP contribution in [0.2, 0.25) is 0 Å². The molecule has 1 saturated heterocycles. The number of aromatic nitrogens is 1. The average molecular weight is 494 g/mol. The number of thiazole rings is 1. The molecule has 1 amide bonds. The van der Waals surface area contributed by atoms with Crippen molar-refractivity contribution in [3.05, 3.63) is 58.6 Å². The van der Waals surface area contributed by atoms with Crippen molar-refractivity contribution in [2.75, 3.05) is 17.7 Å². The molecule has 2 aromatic carbocycles. The average Bonchev–Trinajstić information content (AvgIpc) is 3.33. The molecular formula is C20H20BrN3O3S2. The highest BCUT2D eigenvalue weighted by molar-refractivity contribution is 9.10. The van der Waals surface area contributed by atoms with E-state index in [0.29, 0.717) is 31.1 Å². The Labute approximate surface area is 182 Å². The third-order valence-electron chi connectivity index (χ3n) is 4.93. The minimum Gasteiger partial charge on any atom is -0.282 e. The molecule has 0 N–H and O–H groups in total. The molecule has 3 aromatic rings. The zero-order valence-corrected chi connectivity index (χ0v) is 19.0. The van der Waals surface area contributed by atoms with Crippen molar-refractivity contribution in [2.24, 2.45) is 0 Å². The van der Waals surface area contributed by atoms with Crippen LogP contribution in [0, 0.1) is 0 Å². The zero-order chi connectivity index (χ0) is 20.6. The topological polar surface area (TPSA) is 70.6 Å². The van der Waals surface area contributed by atoms with Crippen molar-refractivity contribution in [3.8, 4) is 0 Å². The minimum atomic E-state index is -3.45. The third kappa shape index (κ3) is 4.37. The monoisotopic (exact) mass is 493 g/mol. The van der Waals surface area contributed by atoms with Crippen LogP contribution in [-0.2, 0) is 21.4 Å². The van der Waals surface area contributed by atoms with E-state index in [-0.39, 0.29) is 5.91 Å². The lowest BCUT2D eigenvalue weighted by molar-refractivity contribution is -0.121. The summed E-state index contributed by atoms with van der Waals surface area (Å²) in [5, 5.41) is 0.576. The molecule has 0 saturated carbocycles. The standard InChI is InChI=1S/C20H20BrN3O3S2/c1-29(26,27)24-11-5-8-17(24)19(25)23(13-14-6-3-2-4-7-14)20-22-16-10-9-15(21)12-18(16)28-20/h2-4,6-7,9-10,12,17H,5,8,11,13H2,1H3. The number of hydrogen-bond donors (Lipinski definition) is 0. The van der Waals surface area contributed by atoms with Gasteiger partial charge in [0.25, 0.3) is 0 Å².